The summed E-state index contributed by atoms with van der Waals surface area (Å²) in [5.74, 6) is 0.457. The van der Waals surface area contributed by atoms with Gasteiger partial charge in [0.2, 0.25) is 16.4 Å². The van der Waals surface area contributed by atoms with Crippen molar-refractivity contribution in [1.29, 1.82) is 0 Å². The first-order valence-corrected chi connectivity index (χ1v) is 7.14. The van der Waals surface area contributed by atoms with Crippen molar-refractivity contribution in [2.75, 3.05) is 6.54 Å². The molecule has 0 fully saturated rings. The molecule has 1 heterocycles. The summed E-state index contributed by atoms with van der Waals surface area (Å²) < 4.78 is 31.1. The Kier molecular flexibility index (Phi) is 4.25. The van der Waals surface area contributed by atoms with Crippen molar-refractivity contribution in [1.82, 2.24) is 14.9 Å². The van der Waals surface area contributed by atoms with Crippen LogP contribution >= 0.6 is 0 Å². The van der Waals surface area contributed by atoms with Crippen LogP contribution < -0.4 is 10.5 Å². The Morgan fingerprint density at radius 1 is 1.37 bits per heavy atom. The minimum absolute atomic E-state index is 0.198. The summed E-state index contributed by atoms with van der Waals surface area (Å²) in [5, 5.41) is 3.60. The summed E-state index contributed by atoms with van der Waals surface area (Å²) >= 11 is 0. The third kappa shape index (κ3) is 3.60. The van der Waals surface area contributed by atoms with Crippen molar-refractivity contribution in [2.24, 2.45) is 5.73 Å². The molecule has 2 rings (SSSR count). The van der Waals surface area contributed by atoms with Crippen LogP contribution in [0.15, 0.2) is 40.1 Å². The molecule has 0 spiro atoms. The Morgan fingerprint density at radius 2 is 2.21 bits per heavy atom. The zero-order valence-corrected chi connectivity index (χ0v) is 10.9. The first-order valence-electron chi connectivity index (χ1n) is 5.66. The number of nitrogens with zero attached hydrogens (tertiary/aromatic N) is 2. The summed E-state index contributed by atoms with van der Waals surface area (Å²) in [6.07, 6.45) is 1.57. The number of rotatable bonds is 6. The molecular formula is C11H14N4O3S. The van der Waals surface area contributed by atoms with E-state index in [-0.39, 0.29) is 11.4 Å². The molecule has 19 heavy (non-hydrogen) atoms. The molecule has 102 valence electrons. The monoisotopic (exact) mass is 282 g/mol. The van der Waals surface area contributed by atoms with Gasteiger partial charge in [-0.1, -0.05) is 17.3 Å². The lowest BCUT2D eigenvalue weighted by atomic mass is 10.2. The fraction of sp³-hybridized carbons (Fsp3) is 0.273. The molecule has 0 radical (unpaired) electrons. The van der Waals surface area contributed by atoms with Crippen LogP contribution in [0, 0.1) is 0 Å². The van der Waals surface area contributed by atoms with E-state index in [1.54, 1.807) is 18.2 Å². The van der Waals surface area contributed by atoms with Gasteiger partial charge in [0.1, 0.15) is 0 Å². The second kappa shape index (κ2) is 5.91. The molecule has 1 aromatic heterocycles. The molecule has 2 aromatic rings. The lowest BCUT2D eigenvalue weighted by molar-refractivity contribution is 0.410. The van der Waals surface area contributed by atoms with Crippen LogP contribution in [0.1, 0.15) is 11.4 Å². The van der Waals surface area contributed by atoms with E-state index in [2.05, 4.69) is 19.4 Å². The van der Waals surface area contributed by atoms with E-state index in [0.717, 1.165) is 5.56 Å². The fourth-order valence-corrected chi connectivity index (χ4v) is 2.62. The number of sulfonamides is 1. The third-order valence-electron chi connectivity index (χ3n) is 2.49. The molecule has 0 bridgehead atoms. The molecule has 0 aliphatic carbocycles. The van der Waals surface area contributed by atoms with E-state index in [9.17, 15) is 8.42 Å². The quantitative estimate of drug-likeness (QED) is 0.774. The minimum Gasteiger partial charge on any atom is -0.343 e. The molecule has 0 saturated heterocycles. The second-order valence-corrected chi connectivity index (χ2v) is 5.61. The standard InChI is InChI=1S/C11H14N4O3S/c12-7-9-2-1-3-10(6-9)19(16,17)14-5-4-11-13-8-18-15-11/h1-3,6,8,14H,4-5,7,12H2. The van der Waals surface area contributed by atoms with Gasteiger partial charge in [-0.2, -0.15) is 4.98 Å². The predicted molar refractivity (Wildman–Crippen MR) is 67.5 cm³/mol. The van der Waals surface area contributed by atoms with Gasteiger partial charge < -0.3 is 10.3 Å². The highest BCUT2D eigenvalue weighted by Crippen LogP contribution is 2.10. The highest BCUT2D eigenvalue weighted by molar-refractivity contribution is 7.89. The molecule has 0 aliphatic rings. The van der Waals surface area contributed by atoms with E-state index >= 15 is 0 Å². The molecule has 1 aromatic carbocycles. The maximum absolute atomic E-state index is 12.0. The smallest absolute Gasteiger partial charge is 0.240 e. The molecule has 0 amide bonds. The summed E-state index contributed by atoms with van der Waals surface area (Å²) in [6, 6.07) is 6.51. The molecule has 0 saturated carbocycles. The molecule has 0 atom stereocenters. The minimum atomic E-state index is -3.54. The van der Waals surface area contributed by atoms with Crippen LogP contribution in [0.25, 0.3) is 0 Å². The number of nitrogens with two attached hydrogens (primary N) is 1. The van der Waals surface area contributed by atoms with Gasteiger partial charge in [0.15, 0.2) is 5.82 Å². The first kappa shape index (κ1) is 13.7. The van der Waals surface area contributed by atoms with Crippen LogP contribution in [0.3, 0.4) is 0 Å². The molecule has 0 unspecified atom stereocenters. The number of nitrogens with one attached hydrogen (secondary N) is 1. The summed E-state index contributed by atoms with van der Waals surface area (Å²) in [6.45, 7) is 0.501. The number of hydrogen-bond donors (Lipinski definition) is 2. The van der Waals surface area contributed by atoms with Gasteiger partial charge in [-0.25, -0.2) is 13.1 Å². The van der Waals surface area contributed by atoms with Gasteiger partial charge >= 0.3 is 0 Å². The normalized spacial score (nSPS) is 11.6. The Bertz CT molecular complexity index is 625. The molecule has 3 N–H and O–H groups in total. The first-order chi connectivity index (χ1) is 9.12. The van der Waals surface area contributed by atoms with Crippen molar-refractivity contribution in [3.05, 3.63) is 42.0 Å². The van der Waals surface area contributed by atoms with Crippen molar-refractivity contribution < 1.29 is 12.9 Å². The van der Waals surface area contributed by atoms with Gasteiger partial charge in [-0.05, 0) is 17.7 Å². The van der Waals surface area contributed by atoms with E-state index in [0.29, 0.717) is 18.8 Å². The molecular weight excluding hydrogens is 268 g/mol. The van der Waals surface area contributed by atoms with Crippen molar-refractivity contribution >= 4 is 10.0 Å². The van der Waals surface area contributed by atoms with E-state index in [1.807, 2.05) is 0 Å². The van der Waals surface area contributed by atoms with E-state index < -0.39 is 10.0 Å². The average molecular weight is 282 g/mol. The van der Waals surface area contributed by atoms with Gasteiger partial charge in [-0.3, -0.25) is 0 Å². The van der Waals surface area contributed by atoms with E-state index in [4.69, 9.17) is 5.73 Å². The SMILES string of the molecule is NCc1cccc(S(=O)(=O)NCCc2ncon2)c1. The zero-order valence-electron chi connectivity index (χ0n) is 10.1. The predicted octanol–water partition coefficient (Wildman–Crippen LogP) is 0.0493. The largest absolute Gasteiger partial charge is 0.343 e. The molecule has 0 aliphatic heterocycles. The Labute approximate surface area is 110 Å². The maximum Gasteiger partial charge on any atom is 0.240 e. The Morgan fingerprint density at radius 3 is 2.89 bits per heavy atom. The second-order valence-electron chi connectivity index (χ2n) is 3.85. The number of hydrogen-bond acceptors (Lipinski definition) is 6. The summed E-state index contributed by atoms with van der Waals surface area (Å²) in [4.78, 5) is 4.00. The Hall–Kier alpha value is -1.77. The average Bonchev–Trinajstić information content (AvgIpc) is 2.92. The maximum atomic E-state index is 12.0. The van der Waals surface area contributed by atoms with Crippen molar-refractivity contribution in [2.45, 2.75) is 17.9 Å². The lowest BCUT2D eigenvalue weighted by Crippen LogP contribution is -2.26. The van der Waals surface area contributed by atoms with Crippen LogP contribution in [0.4, 0.5) is 0 Å². The summed E-state index contributed by atoms with van der Waals surface area (Å²) in [7, 11) is -3.54. The Balaban J connectivity index is 2.01. The van der Waals surface area contributed by atoms with Crippen LogP contribution in [0.5, 0.6) is 0 Å². The fourth-order valence-electron chi connectivity index (χ4n) is 1.52. The van der Waals surface area contributed by atoms with Crippen LogP contribution in [-0.2, 0) is 23.0 Å². The van der Waals surface area contributed by atoms with Crippen LogP contribution in [-0.4, -0.2) is 25.1 Å². The van der Waals surface area contributed by atoms with Crippen LogP contribution in [0.2, 0.25) is 0 Å². The highest BCUT2D eigenvalue weighted by Gasteiger charge is 2.14. The van der Waals surface area contributed by atoms with Gasteiger partial charge in [-0.15, -0.1) is 0 Å². The summed E-state index contributed by atoms with van der Waals surface area (Å²) in [5.41, 5.74) is 6.25. The zero-order chi connectivity index (χ0) is 13.7. The van der Waals surface area contributed by atoms with Gasteiger partial charge in [0.25, 0.3) is 0 Å². The van der Waals surface area contributed by atoms with Gasteiger partial charge in [0.05, 0.1) is 4.90 Å². The number of aromatic nitrogens is 2. The molecule has 8 heteroatoms. The topological polar surface area (TPSA) is 111 Å². The highest BCUT2D eigenvalue weighted by atomic mass is 32.2. The van der Waals surface area contributed by atoms with Crippen molar-refractivity contribution in [3.63, 3.8) is 0 Å². The third-order valence-corrected chi connectivity index (χ3v) is 3.95. The van der Waals surface area contributed by atoms with Gasteiger partial charge in [0, 0.05) is 19.5 Å². The molecule has 7 nitrogen and oxygen atoms in total. The number of benzene rings is 1. The lowest BCUT2D eigenvalue weighted by Gasteiger charge is -2.06. The van der Waals surface area contributed by atoms with E-state index in [1.165, 1.54) is 12.5 Å². The van der Waals surface area contributed by atoms with Crippen molar-refractivity contribution in [3.8, 4) is 0 Å².